The van der Waals surface area contributed by atoms with Crippen LogP contribution in [0.3, 0.4) is 0 Å². The summed E-state index contributed by atoms with van der Waals surface area (Å²) in [5.74, 6) is 0.988. The Morgan fingerprint density at radius 2 is 1.81 bits per heavy atom. The summed E-state index contributed by atoms with van der Waals surface area (Å²) in [6, 6.07) is 11.3. The minimum absolute atomic E-state index is 0.0530. The third-order valence-corrected chi connectivity index (χ3v) is 4.84. The lowest BCUT2D eigenvalue weighted by molar-refractivity contribution is -0.116. The lowest BCUT2D eigenvalue weighted by Gasteiger charge is -2.20. The van der Waals surface area contributed by atoms with Crippen molar-refractivity contribution in [2.75, 3.05) is 38.0 Å². The van der Waals surface area contributed by atoms with Crippen molar-refractivity contribution < 1.29 is 22.7 Å². The summed E-state index contributed by atoms with van der Waals surface area (Å²) in [6.45, 7) is 0.455. The minimum Gasteiger partial charge on any atom is -0.493 e. The van der Waals surface area contributed by atoms with E-state index < -0.39 is 10.0 Å². The van der Waals surface area contributed by atoms with Crippen molar-refractivity contribution in [2.24, 2.45) is 5.14 Å². The Balaban J connectivity index is 1.97. The molecule has 0 bridgehead atoms. The number of hydrogen-bond donors (Lipinski definition) is 2. The van der Waals surface area contributed by atoms with E-state index >= 15 is 0 Å². The first-order valence-electron chi connectivity index (χ1n) is 8.10. The van der Waals surface area contributed by atoms with Crippen LogP contribution in [0.2, 0.25) is 0 Å². The summed E-state index contributed by atoms with van der Waals surface area (Å²) in [5, 5.41) is 7.77. The number of methoxy groups -OCH3 is 2. The molecule has 0 radical (unpaired) electrons. The number of sulfonamides is 1. The van der Waals surface area contributed by atoms with Gasteiger partial charge in [-0.1, -0.05) is 6.07 Å². The number of carbonyl (C=O) groups is 1. The molecular formula is C18H23N3O5S. The van der Waals surface area contributed by atoms with Gasteiger partial charge in [-0.05, 0) is 30.3 Å². The molecule has 8 nitrogen and oxygen atoms in total. The van der Waals surface area contributed by atoms with E-state index in [0.29, 0.717) is 23.7 Å². The Bertz CT molecular complexity index is 915. The molecule has 0 saturated carbocycles. The van der Waals surface area contributed by atoms with Crippen molar-refractivity contribution in [3.8, 4) is 11.5 Å². The minimum atomic E-state index is -3.82. The van der Waals surface area contributed by atoms with Gasteiger partial charge < -0.3 is 19.7 Å². The first-order chi connectivity index (χ1) is 12.7. The molecule has 27 heavy (non-hydrogen) atoms. The predicted molar refractivity (Wildman–Crippen MR) is 104 cm³/mol. The van der Waals surface area contributed by atoms with E-state index in [0.717, 1.165) is 5.69 Å². The van der Waals surface area contributed by atoms with Gasteiger partial charge in [0.25, 0.3) is 0 Å². The zero-order valence-corrected chi connectivity index (χ0v) is 16.2. The van der Waals surface area contributed by atoms with E-state index in [-0.39, 0.29) is 17.2 Å². The van der Waals surface area contributed by atoms with Crippen LogP contribution in [-0.2, 0) is 14.8 Å². The van der Waals surface area contributed by atoms with Crippen molar-refractivity contribution in [1.29, 1.82) is 0 Å². The van der Waals surface area contributed by atoms with Crippen LogP contribution in [0.4, 0.5) is 11.4 Å². The van der Waals surface area contributed by atoms with Gasteiger partial charge in [-0.15, -0.1) is 0 Å². The first-order valence-corrected chi connectivity index (χ1v) is 9.65. The molecule has 2 aromatic carbocycles. The Labute approximate surface area is 158 Å². The molecule has 0 fully saturated rings. The summed E-state index contributed by atoms with van der Waals surface area (Å²) in [4.78, 5) is 14.0. The quantitative estimate of drug-likeness (QED) is 0.708. The number of nitrogens with two attached hydrogens (primary N) is 1. The Hall–Kier alpha value is -2.78. The molecule has 1 amide bonds. The largest absolute Gasteiger partial charge is 0.493 e. The smallest absolute Gasteiger partial charge is 0.238 e. The van der Waals surface area contributed by atoms with E-state index in [1.165, 1.54) is 18.2 Å². The fraction of sp³-hybridized carbons (Fsp3) is 0.278. The first kappa shape index (κ1) is 20.5. The highest BCUT2D eigenvalue weighted by atomic mass is 32.2. The SMILES string of the molecule is COc1ccc(N(C)CCC(=O)Nc2cccc(S(N)(=O)=O)c2)cc1OC. The molecule has 0 aliphatic heterocycles. The van der Waals surface area contributed by atoms with Crippen molar-refractivity contribution in [1.82, 2.24) is 0 Å². The zero-order chi connectivity index (χ0) is 20.0. The third-order valence-electron chi connectivity index (χ3n) is 3.93. The molecule has 0 atom stereocenters. The van der Waals surface area contributed by atoms with Gasteiger partial charge in [-0.3, -0.25) is 4.79 Å². The number of anilines is 2. The van der Waals surface area contributed by atoms with Crippen LogP contribution in [0.5, 0.6) is 11.5 Å². The fourth-order valence-corrected chi connectivity index (χ4v) is 2.99. The molecule has 9 heteroatoms. The molecule has 0 spiro atoms. The van der Waals surface area contributed by atoms with Gasteiger partial charge in [-0.25, -0.2) is 13.6 Å². The number of benzene rings is 2. The molecular weight excluding hydrogens is 370 g/mol. The van der Waals surface area contributed by atoms with E-state index in [4.69, 9.17) is 14.6 Å². The van der Waals surface area contributed by atoms with E-state index in [9.17, 15) is 13.2 Å². The highest BCUT2D eigenvalue weighted by molar-refractivity contribution is 7.89. The normalized spacial score (nSPS) is 11.0. The van der Waals surface area contributed by atoms with E-state index in [1.54, 1.807) is 26.4 Å². The zero-order valence-electron chi connectivity index (χ0n) is 15.4. The monoisotopic (exact) mass is 393 g/mol. The molecule has 0 aromatic heterocycles. The second kappa shape index (κ2) is 8.74. The van der Waals surface area contributed by atoms with Crippen LogP contribution < -0.4 is 24.8 Å². The van der Waals surface area contributed by atoms with Crippen molar-refractivity contribution in [2.45, 2.75) is 11.3 Å². The number of amides is 1. The average Bonchev–Trinajstić information content (AvgIpc) is 2.65. The molecule has 2 rings (SSSR count). The fourth-order valence-electron chi connectivity index (χ4n) is 2.44. The summed E-state index contributed by atoms with van der Waals surface area (Å²) in [6.07, 6.45) is 0.213. The van der Waals surface area contributed by atoms with Gasteiger partial charge in [0, 0.05) is 37.5 Å². The van der Waals surface area contributed by atoms with Gasteiger partial charge in [0.05, 0.1) is 19.1 Å². The predicted octanol–water partition coefficient (Wildman–Crippen LogP) is 1.82. The maximum Gasteiger partial charge on any atom is 0.238 e. The highest BCUT2D eigenvalue weighted by Crippen LogP contribution is 2.31. The van der Waals surface area contributed by atoms with Crippen LogP contribution in [0.15, 0.2) is 47.4 Å². The van der Waals surface area contributed by atoms with Crippen LogP contribution in [0.25, 0.3) is 0 Å². The van der Waals surface area contributed by atoms with Gasteiger partial charge in [0.15, 0.2) is 11.5 Å². The average molecular weight is 393 g/mol. The topological polar surface area (TPSA) is 111 Å². The van der Waals surface area contributed by atoms with Crippen molar-refractivity contribution >= 4 is 27.3 Å². The Morgan fingerprint density at radius 3 is 2.44 bits per heavy atom. The van der Waals surface area contributed by atoms with Gasteiger partial charge >= 0.3 is 0 Å². The number of hydrogen-bond acceptors (Lipinski definition) is 6. The van der Waals surface area contributed by atoms with Gasteiger partial charge in [0.1, 0.15) is 0 Å². The number of rotatable bonds is 8. The third kappa shape index (κ3) is 5.60. The summed E-state index contributed by atoms with van der Waals surface area (Å²) in [5.41, 5.74) is 1.25. The van der Waals surface area contributed by atoms with Gasteiger partial charge in [0.2, 0.25) is 15.9 Å². The van der Waals surface area contributed by atoms with E-state index in [2.05, 4.69) is 5.32 Å². The Morgan fingerprint density at radius 1 is 1.11 bits per heavy atom. The number of nitrogens with one attached hydrogen (secondary N) is 1. The summed E-state index contributed by atoms with van der Waals surface area (Å²) < 4.78 is 33.2. The maximum atomic E-state index is 12.2. The van der Waals surface area contributed by atoms with Crippen LogP contribution in [0.1, 0.15) is 6.42 Å². The number of primary sulfonamides is 1. The molecule has 0 saturated heterocycles. The molecule has 3 N–H and O–H groups in total. The number of ether oxygens (including phenoxy) is 2. The lowest BCUT2D eigenvalue weighted by atomic mass is 10.2. The van der Waals surface area contributed by atoms with Crippen LogP contribution in [-0.4, -0.2) is 42.1 Å². The molecule has 0 heterocycles. The maximum absolute atomic E-state index is 12.2. The lowest BCUT2D eigenvalue weighted by Crippen LogP contribution is -2.24. The number of nitrogens with zero attached hydrogens (tertiary/aromatic N) is 1. The standard InChI is InChI=1S/C18H23N3O5S/c1-21(14-7-8-16(25-2)17(12-14)26-3)10-9-18(22)20-13-5-4-6-15(11-13)27(19,23)24/h4-8,11-12H,9-10H2,1-3H3,(H,20,22)(H2,19,23,24). The second-order valence-corrected chi connectivity index (χ2v) is 7.39. The molecule has 146 valence electrons. The molecule has 0 aliphatic rings. The molecule has 0 aliphatic carbocycles. The highest BCUT2D eigenvalue weighted by Gasteiger charge is 2.12. The second-order valence-electron chi connectivity index (χ2n) is 5.83. The van der Waals surface area contributed by atoms with Crippen LogP contribution >= 0.6 is 0 Å². The summed E-state index contributed by atoms with van der Waals surface area (Å²) in [7, 11) is 1.17. The number of carbonyl (C=O) groups excluding carboxylic acids is 1. The Kier molecular flexibility index (Phi) is 6.65. The van der Waals surface area contributed by atoms with Gasteiger partial charge in [-0.2, -0.15) is 0 Å². The van der Waals surface area contributed by atoms with E-state index in [1.807, 2.05) is 24.1 Å². The van der Waals surface area contributed by atoms with Crippen LogP contribution in [0, 0.1) is 0 Å². The molecule has 2 aromatic rings. The molecule has 0 unspecified atom stereocenters. The van der Waals surface area contributed by atoms with Crippen molar-refractivity contribution in [3.63, 3.8) is 0 Å². The summed E-state index contributed by atoms with van der Waals surface area (Å²) >= 11 is 0. The van der Waals surface area contributed by atoms with Crippen molar-refractivity contribution in [3.05, 3.63) is 42.5 Å².